The highest BCUT2D eigenvalue weighted by Crippen LogP contribution is 2.31. The number of anilines is 4. The Morgan fingerprint density at radius 3 is 1.87 bits per heavy atom. The maximum absolute atomic E-state index is 13.2. The summed E-state index contributed by atoms with van der Waals surface area (Å²) in [5.41, 5.74) is 3.14. The second kappa shape index (κ2) is 14.9. The van der Waals surface area contributed by atoms with E-state index in [0.717, 1.165) is 17.8 Å². The fourth-order valence-corrected chi connectivity index (χ4v) is 5.07. The summed E-state index contributed by atoms with van der Waals surface area (Å²) in [7, 11) is 7.99. The summed E-state index contributed by atoms with van der Waals surface area (Å²) in [6.45, 7) is 10.5. The highest BCUT2D eigenvalue weighted by atomic mass is 16.6. The Morgan fingerprint density at radius 1 is 0.756 bits per heavy atom. The Balaban J connectivity index is 1.76. The van der Waals surface area contributed by atoms with Crippen molar-refractivity contribution in [2.45, 2.75) is 52.7 Å². The van der Waals surface area contributed by atoms with E-state index in [1.54, 1.807) is 57.2 Å². The van der Waals surface area contributed by atoms with Crippen molar-refractivity contribution in [3.8, 4) is 0 Å². The highest BCUT2D eigenvalue weighted by molar-refractivity contribution is 6.07. The van der Waals surface area contributed by atoms with Crippen LogP contribution in [0.4, 0.5) is 32.3 Å². The molecule has 0 bridgehead atoms. The molecule has 10 heteroatoms. The lowest BCUT2D eigenvalue weighted by atomic mass is 9.83. The maximum Gasteiger partial charge on any atom is 0.412 e. The van der Waals surface area contributed by atoms with Gasteiger partial charge < -0.3 is 30.5 Å². The fourth-order valence-electron chi connectivity index (χ4n) is 5.07. The van der Waals surface area contributed by atoms with Gasteiger partial charge in [-0.3, -0.25) is 10.1 Å². The molecule has 10 nitrogen and oxygen atoms in total. The van der Waals surface area contributed by atoms with Crippen molar-refractivity contribution < 1.29 is 19.1 Å². The number of nitrogens with zero attached hydrogens (tertiary/aromatic N) is 2. The number of hydrogen-bond acceptors (Lipinski definition) is 6. The average Bonchev–Trinajstić information content (AvgIpc) is 2.92. The Kier molecular flexibility index (Phi) is 11.6. The van der Waals surface area contributed by atoms with Gasteiger partial charge >= 0.3 is 12.1 Å². The van der Waals surface area contributed by atoms with Crippen LogP contribution in [0.25, 0.3) is 0 Å². The molecule has 0 aliphatic rings. The molecular weight excluding hydrogens is 568 g/mol. The van der Waals surface area contributed by atoms with Crippen molar-refractivity contribution >= 4 is 40.8 Å². The molecule has 0 fully saturated rings. The van der Waals surface area contributed by atoms with Gasteiger partial charge in [-0.1, -0.05) is 38.1 Å². The van der Waals surface area contributed by atoms with Crippen LogP contribution in [0.5, 0.6) is 0 Å². The lowest BCUT2D eigenvalue weighted by Gasteiger charge is -2.33. The van der Waals surface area contributed by atoms with Gasteiger partial charge in [0, 0.05) is 37.6 Å². The number of nitrogens with one attached hydrogen (secondary N) is 4. The zero-order valence-electron chi connectivity index (χ0n) is 27.9. The van der Waals surface area contributed by atoms with E-state index in [2.05, 4.69) is 40.0 Å². The molecular formula is C35H48N6O4. The van der Waals surface area contributed by atoms with Crippen LogP contribution < -0.4 is 26.2 Å². The molecule has 3 aromatic carbocycles. The van der Waals surface area contributed by atoms with Crippen LogP contribution in [-0.2, 0) is 4.74 Å². The monoisotopic (exact) mass is 616 g/mol. The quantitative estimate of drug-likeness (QED) is 0.181. The average molecular weight is 617 g/mol. The third-order valence-corrected chi connectivity index (χ3v) is 6.83. The molecule has 0 aliphatic carbocycles. The predicted octanol–water partition coefficient (Wildman–Crippen LogP) is 7.19. The minimum atomic E-state index is -0.656. The van der Waals surface area contributed by atoms with Gasteiger partial charge in [-0.2, -0.15) is 0 Å². The fraction of sp³-hybridized carbons (Fsp3) is 0.400. The van der Waals surface area contributed by atoms with Crippen molar-refractivity contribution in [1.29, 1.82) is 0 Å². The van der Waals surface area contributed by atoms with E-state index < -0.39 is 11.7 Å². The summed E-state index contributed by atoms with van der Waals surface area (Å²) in [4.78, 5) is 42.8. The van der Waals surface area contributed by atoms with Crippen LogP contribution in [0.15, 0.2) is 72.8 Å². The van der Waals surface area contributed by atoms with Crippen molar-refractivity contribution in [3.63, 3.8) is 0 Å². The highest BCUT2D eigenvalue weighted by Gasteiger charge is 2.27. The summed E-state index contributed by atoms with van der Waals surface area (Å²) in [5, 5.41) is 11.7. The van der Waals surface area contributed by atoms with Crippen LogP contribution >= 0.6 is 0 Å². The molecule has 242 valence electrons. The van der Waals surface area contributed by atoms with Gasteiger partial charge in [0.25, 0.3) is 5.91 Å². The Hall–Kier alpha value is -4.57. The predicted molar refractivity (Wildman–Crippen MR) is 183 cm³/mol. The number of carbonyl (C=O) groups excluding carboxylic acids is 3. The van der Waals surface area contributed by atoms with Gasteiger partial charge in [0.1, 0.15) is 5.60 Å². The minimum Gasteiger partial charge on any atom is -0.444 e. The number of ether oxygens (including phenoxy) is 1. The first-order valence-corrected chi connectivity index (χ1v) is 15.0. The van der Waals surface area contributed by atoms with Crippen LogP contribution in [0.2, 0.25) is 0 Å². The molecule has 0 radical (unpaired) electrons. The van der Waals surface area contributed by atoms with E-state index in [1.807, 2.05) is 69.5 Å². The first-order valence-electron chi connectivity index (χ1n) is 15.0. The SMILES string of the molecule is CN(C)CC(C)(C)CC(NC(=O)Nc1ccc(N(C)C)cc1)c1ccc(C(=O)Nc2ccccc2NC(=O)OC(C)(C)C)cc1. The van der Waals surface area contributed by atoms with Gasteiger partial charge in [0.05, 0.1) is 17.4 Å². The van der Waals surface area contributed by atoms with E-state index in [1.165, 1.54) is 0 Å². The molecule has 0 aromatic heterocycles. The van der Waals surface area contributed by atoms with E-state index in [0.29, 0.717) is 29.0 Å². The van der Waals surface area contributed by atoms with Crippen LogP contribution in [0.3, 0.4) is 0 Å². The third kappa shape index (κ3) is 11.5. The third-order valence-electron chi connectivity index (χ3n) is 6.83. The van der Waals surface area contributed by atoms with Crippen LogP contribution in [0, 0.1) is 5.41 Å². The Bertz CT molecular complexity index is 1440. The van der Waals surface area contributed by atoms with Gasteiger partial charge in [0.2, 0.25) is 0 Å². The second-order valence-electron chi connectivity index (χ2n) is 13.4. The number of hydrogen-bond donors (Lipinski definition) is 4. The smallest absolute Gasteiger partial charge is 0.412 e. The van der Waals surface area contributed by atoms with Crippen molar-refractivity contribution in [2.24, 2.45) is 5.41 Å². The summed E-state index contributed by atoms with van der Waals surface area (Å²) >= 11 is 0. The van der Waals surface area contributed by atoms with Gasteiger partial charge in [-0.15, -0.1) is 0 Å². The largest absolute Gasteiger partial charge is 0.444 e. The van der Waals surface area contributed by atoms with Crippen LogP contribution in [-0.4, -0.2) is 63.3 Å². The Morgan fingerprint density at radius 2 is 1.33 bits per heavy atom. The number of para-hydroxylation sites is 2. The lowest BCUT2D eigenvalue weighted by molar-refractivity contribution is 0.0635. The standard InChI is InChI=1S/C35H48N6O4/c1-34(2,3)45-33(44)39-29-13-11-10-12-28(29)37-31(42)25-16-14-24(15-17-25)30(22-35(4,5)23-40(6)7)38-32(43)36-26-18-20-27(21-19-26)41(8)9/h10-21,30H,22-23H2,1-9H3,(H,37,42)(H,39,44)(H2,36,38,43). The molecule has 4 amide bonds. The van der Waals surface area contributed by atoms with E-state index >= 15 is 0 Å². The number of amides is 4. The van der Waals surface area contributed by atoms with E-state index in [9.17, 15) is 14.4 Å². The molecule has 45 heavy (non-hydrogen) atoms. The summed E-state index contributed by atoms with van der Waals surface area (Å²) < 4.78 is 5.35. The summed E-state index contributed by atoms with van der Waals surface area (Å²) in [5.74, 6) is -0.337. The zero-order chi connectivity index (χ0) is 33.4. The molecule has 0 saturated heterocycles. The molecule has 0 spiro atoms. The first kappa shape index (κ1) is 34.9. The number of urea groups is 1. The molecule has 0 aliphatic heterocycles. The Labute approximate surface area is 267 Å². The molecule has 1 atom stereocenters. The first-order chi connectivity index (χ1) is 21.0. The lowest BCUT2D eigenvalue weighted by Crippen LogP contribution is -2.37. The second-order valence-corrected chi connectivity index (χ2v) is 13.4. The number of carbonyl (C=O) groups is 3. The normalized spacial score (nSPS) is 12.2. The molecule has 1 unspecified atom stereocenters. The molecule has 3 aromatic rings. The van der Waals surface area contributed by atoms with E-state index in [-0.39, 0.29) is 23.4 Å². The molecule has 4 N–H and O–H groups in total. The molecule has 0 saturated carbocycles. The van der Waals surface area contributed by atoms with Crippen molar-refractivity contribution in [3.05, 3.63) is 83.9 Å². The number of rotatable bonds is 11. The van der Waals surface area contributed by atoms with E-state index in [4.69, 9.17) is 4.74 Å². The van der Waals surface area contributed by atoms with Gasteiger partial charge in [0.15, 0.2) is 0 Å². The van der Waals surface area contributed by atoms with Crippen molar-refractivity contribution in [2.75, 3.05) is 55.6 Å². The van der Waals surface area contributed by atoms with Gasteiger partial charge in [-0.05, 0) is 101 Å². The topological polar surface area (TPSA) is 115 Å². The maximum atomic E-state index is 13.2. The summed E-state index contributed by atoms with van der Waals surface area (Å²) in [6.07, 6.45) is 0.0619. The molecule has 0 heterocycles. The number of benzene rings is 3. The minimum absolute atomic E-state index is 0.115. The molecule has 3 rings (SSSR count). The van der Waals surface area contributed by atoms with Crippen LogP contribution in [0.1, 0.15) is 63.0 Å². The van der Waals surface area contributed by atoms with Gasteiger partial charge in [-0.25, -0.2) is 9.59 Å². The summed E-state index contributed by atoms with van der Waals surface area (Å²) in [6, 6.07) is 21.1. The zero-order valence-corrected chi connectivity index (χ0v) is 27.9. The van der Waals surface area contributed by atoms with Crippen molar-refractivity contribution in [1.82, 2.24) is 10.2 Å².